The fraction of sp³-hybridized carbons (Fsp3) is 0.722. The molecule has 2 fully saturated rings. The summed E-state index contributed by atoms with van der Waals surface area (Å²) in [6.07, 6.45) is 3.38. The molecule has 0 aromatic heterocycles. The van der Waals surface area contributed by atoms with Crippen LogP contribution >= 0.6 is 0 Å². The maximum Gasteiger partial charge on any atom is 0.336 e. The third kappa shape index (κ3) is 2.80. The van der Waals surface area contributed by atoms with Crippen molar-refractivity contribution in [2.24, 2.45) is 16.7 Å². The van der Waals surface area contributed by atoms with Crippen LogP contribution in [-0.2, 0) is 14.3 Å². The molecule has 2 saturated carbocycles. The second-order valence-electron chi connectivity index (χ2n) is 7.56. The van der Waals surface area contributed by atoms with E-state index in [1.165, 1.54) is 6.42 Å². The molecule has 0 spiro atoms. The van der Waals surface area contributed by atoms with E-state index < -0.39 is 0 Å². The minimum atomic E-state index is -0.314. The Bertz CT molecular complexity index is 463. The lowest BCUT2D eigenvalue weighted by atomic mass is 9.70. The van der Waals surface area contributed by atoms with Gasteiger partial charge in [-0.05, 0) is 37.5 Å². The Morgan fingerprint density at radius 2 is 1.90 bits per heavy atom. The van der Waals surface area contributed by atoms with Gasteiger partial charge in [-0.15, -0.1) is 0 Å². The molecule has 0 amide bonds. The summed E-state index contributed by atoms with van der Waals surface area (Å²) in [5, 5.41) is 0. The Hall–Kier alpha value is -1.09. The fourth-order valence-corrected chi connectivity index (χ4v) is 3.93. The van der Waals surface area contributed by atoms with Crippen LogP contribution < -0.4 is 0 Å². The normalized spacial score (nSPS) is 33.0. The monoisotopic (exact) mass is 292 g/mol. The Labute approximate surface area is 128 Å². The van der Waals surface area contributed by atoms with Gasteiger partial charge in [-0.3, -0.25) is 0 Å². The molecule has 3 heteroatoms. The van der Waals surface area contributed by atoms with Crippen LogP contribution in [0.15, 0.2) is 24.3 Å². The first-order chi connectivity index (χ1) is 9.68. The number of ether oxygens (including phenoxy) is 2. The van der Waals surface area contributed by atoms with Gasteiger partial charge in [0.05, 0.1) is 18.8 Å². The number of rotatable bonds is 6. The summed E-state index contributed by atoms with van der Waals surface area (Å²) in [5.74, 6) is 0.347. The molecule has 0 aromatic carbocycles. The molecule has 0 heterocycles. The van der Waals surface area contributed by atoms with Gasteiger partial charge in [-0.2, -0.15) is 0 Å². The highest BCUT2D eigenvalue weighted by molar-refractivity contribution is 5.88. The first-order valence-electron chi connectivity index (χ1n) is 7.79. The number of fused-ring (bicyclic) bond motifs is 2. The minimum Gasteiger partial charge on any atom is -0.458 e. The van der Waals surface area contributed by atoms with Crippen molar-refractivity contribution in [2.75, 3.05) is 13.2 Å². The molecule has 0 radical (unpaired) electrons. The number of hydrogen-bond donors (Lipinski definition) is 0. The van der Waals surface area contributed by atoms with Gasteiger partial charge < -0.3 is 9.47 Å². The largest absolute Gasteiger partial charge is 0.458 e. The maximum atomic E-state index is 12.2. The zero-order valence-corrected chi connectivity index (χ0v) is 13.8. The lowest BCUT2D eigenvalue weighted by Crippen LogP contribution is -2.38. The Kier molecular flexibility index (Phi) is 4.34. The molecule has 0 saturated heterocycles. The van der Waals surface area contributed by atoms with Crippen molar-refractivity contribution in [3.8, 4) is 0 Å². The third-order valence-electron chi connectivity index (χ3n) is 5.88. The van der Waals surface area contributed by atoms with Gasteiger partial charge in [-0.1, -0.05) is 39.5 Å². The quantitative estimate of drug-likeness (QED) is 0.423. The van der Waals surface area contributed by atoms with E-state index in [2.05, 4.69) is 33.9 Å². The van der Waals surface area contributed by atoms with E-state index in [0.29, 0.717) is 18.1 Å². The predicted molar refractivity (Wildman–Crippen MR) is 83.9 cm³/mol. The molecule has 0 N–H and O–H groups in total. The molecule has 2 bridgehead atoms. The highest BCUT2D eigenvalue weighted by Gasteiger charge is 2.62. The van der Waals surface area contributed by atoms with Crippen LogP contribution in [0.25, 0.3) is 0 Å². The summed E-state index contributed by atoms with van der Waals surface area (Å²) in [7, 11) is 0. The number of esters is 1. The number of carbonyl (C=O) groups excluding carboxylic acids is 1. The summed E-state index contributed by atoms with van der Waals surface area (Å²) in [6.45, 7) is 17.0. The highest BCUT2D eigenvalue weighted by Crippen LogP contribution is 2.66. The number of hydrogen-bond acceptors (Lipinski definition) is 3. The smallest absolute Gasteiger partial charge is 0.336 e. The Morgan fingerprint density at radius 3 is 2.38 bits per heavy atom. The molecule has 2 aliphatic carbocycles. The van der Waals surface area contributed by atoms with Crippen LogP contribution in [0.2, 0.25) is 0 Å². The van der Waals surface area contributed by atoms with E-state index >= 15 is 0 Å². The van der Waals surface area contributed by atoms with Crippen molar-refractivity contribution in [1.29, 1.82) is 0 Å². The van der Waals surface area contributed by atoms with Gasteiger partial charge in [0.25, 0.3) is 0 Å². The zero-order valence-electron chi connectivity index (χ0n) is 13.8. The molecular weight excluding hydrogens is 264 g/mol. The first-order valence-corrected chi connectivity index (χ1v) is 7.79. The SMILES string of the molecule is C=C(C)COCC(=C)C(=O)OC1C[C@H]2CC[C@@]1(C)C2(C)C. The molecule has 21 heavy (non-hydrogen) atoms. The average Bonchev–Trinajstić information content (AvgIpc) is 2.71. The summed E-state index contributed by atoms with van der Waals surface area (Å²) >= 11 is 0. The molecule has 3 nitrogen and oxygen atoms in total. The minimum absolute atomic E-state index is 0.0108. The van der Waals surface area contributed by atoms with Gasteiger partial charge in [0, 0.05) is 5.41 Å². The molecule has 2 rings (SSSR count). The zero-order chi connectivity index (χ0) is 15.8. The second-order valence-corrected chi connectivity index (χ2v) is 7.56. The van der Waals surface area contributed by atoms with E-state index in [4.69, 9.17) is 9.47 Å². The molecule has 118 valence electrons. The fourth-order valence-electron chi connectivity index (χ4n) is 3.93. The van der Waals surface area contributed by atoms with E-state index in [9.17, 15) is 4.79 Å². The molecular formula is C18H28O3. The van der Waals surface area contributed by atoms with E-state index in [-0.39, 0.29) is 29.5 Å². The van der Waals surface area contributed by atoms with E-state index in [1.807, 2.05) is 6.92 Å². The van der Waals surface area contributed by atoms with Gasteiger partial charge in [-0.25, -0.2) is 4.79 Å². The molecule has 3 atom stereocenters. The Balaban J connectivity index is 1.89. The van der Waals surface area contributed by atoms with E-state index in [1.54, 1.807) is 0 Å². The lowest BCUT2D eigenvalue weighted by Gasteiger charge is -2.38. The lowest BCUT2D eigenvalue weighted by molar-refractivity contribution is -0.152. The summed E-state index contributed by atoms with van der Waals surface area (Å²) in [5.41, 5.74) is 1.65. The molecule has 1 unspecified atom stereocenters. The van der Waals surface area contributed by atoms with E-state index in [0.717, 1.165) is 18.4 Å². The standard InChI is InChI=1S/C18H28O3/c1-12(2)10-20-11-13(3)16(19)21-15-9-14-7-8-18(15,6)17(14,4)5/h14-15H,1,3,7-11H2,2,4-6H3/t14-,15?,18-/m1/s1. The van der Waals surface area contributed by atoms with Gasteiger partial charge in [0.2, 0.25) is 0 Å². The van der Waals surface area contributed by atoms with Gasteiger partial charge >= 0.3 is 5.97 Å². The average molecular weight is 292 g/mol. The van der Waals surface area contributed by atoms with Gasteiger partial charge in [0.1, 0.15) is 6.10 Å². The van der Waals surface area contributed by atoms with Gasteiger partial charge in [0.15, 0.2) is 0 Å². The van der Waals surface area contributed by atoms with Crippen molar-refractivity contribution in [3.63, 3.8) is 0 Å². The van der Waals surface area contributed by atoms with Crippen molar-refractivity contribution < 1.29 is 14.3 Å². The molecule has 0 aromatic rings. The maximum absolute atomic E-state index is 12.2. The first kappa shape index (κ1) is 16.3. The van der Waals surface area contributed by atoms with Crippen LogP contribution in [0.1, 0.15) is 47.0 Å². The second kappa shape index (κ2) is 5.60. The topological polar surface area (TPSA) is 35.5 Å². The summed E-state index contributed by atoms with van der Waals surface area (Å²) < 4.78 is 11.1. The van der Waals surface area contributed by atoms with Crippen molar-refractivity contribution in [3.05, 3.63) is 24.3 Å². The molecule has 2 aliphatic rings. The van der Waals surface area contributed by atoms with Crippen LogP contribution in [0.3, 0.4) is 0 Å². The van der Waals surface area contributed by atoms with Crippen molar-refractivity contribution in [2.45, 2.75) is 53.1 Å². The number of carbonyl (C=O) groups is 1. The van der Waals surface area contributed by atoms with Crippen LogP contribution in [0.4, 0.5) is 0 Å². The van der Waals surface area contributed by atoms with Crippen molar-refractivity contribution in [1.82, 2.24) is 0 Å². The Morgan fingerprint density at radius 1 is 1.24 bits per heavy atom. The predicted octanol–water partition coefficient (Wildman–Crippen LogP) is 3.89. The van der Waals surface area contributed by atoms with Crippen LogP contribution in [-0.4, -0.2) is 25.3 Å². The summed E-state index contributed by atoms with van der Waals surface area (Å²) in [4.78, 5) is 12.2. The van der Waals surface area contributed by atoms with Crippen molar-refractivity contribution >= 4 is 5.97 Å². The molecule has 0 aliphatic heterocycles. The van der Waals surface area contributed by atoms with Crippen LogP contribution in [0, 0.1) is 16.7 Å². The highest BCUT2D eigenvalue weighted by atomic mass is 16.5. The van der Waals surface area contributed by atoms with Crippen LogP contribution in [0.5, 0.6) is 0 Å². The third-order valence-corrected chi connectivity index (χ3v) is 5.88. The summed E-state index contributed by atoms with van der Waals surface area (Å²) in [6, 6.07) is 0.